The molecule has 0 aliphatic heterocycles. The van der Waals surface area contributed by atoms with Gasteiger partial charge in [-0.1, -0.05) is 35.0 Å². The first-order chi connectivity index (χ1) is 10.7. The first-order valence-corrected chi connectivity index (χ1v) is 7.84. The van der Waals surface area contributed by atoms with Crippen LogP contribution in [-0.2, 0) is 17.8 Å². The van der Waals surface area contributed by atoms with Crippen molar-refractivity contribution in [3.05, 3.63) is 57.6 Å². The predicted molar refractivity (Wildman–Crippen MR) is 84.6 cm³/mol. The van der Waals surface area contributed by atoms with Crippen molar-refractivity contribution in [2.75, 3.05) is 0 Å². The summed E-state index contributed by atoms with van der Waals surface area (Å²) in [4.78, 5) is 17.0. The molecule has 0 aliphatic carbocycles. The highest BCUT2D eigenvalue weighted by Gasteiger charge is 2.12. The number of nitrogens with one attached hydrogen (secondary N) is 1. The normalized spacial score (nSPS) is 10.6. The van der Waals surface area contributed by atoms with Gasteiger partial charge in [0.1, 0.15) is 0 Å². The minimum absolute atomic E-state index is 0.0834. The van der Waals surface area contributed by atoms with Crippen LogP contribution in [0.3, 0.4) is 0 Å². The molecule has 22 heavy (non-hydrogen) atoms. The third kappa shape index (κ3) is 3.52. The van der Waals surface area contributed by atoms with Crippen LogP contribution >= 0.6 is 22.9 Å². The van der Waals surface area contributed by atoms with Crippen LogP contribution in [0.1, 0.15) is 10.8 Å². The molecule has 112 valence electrons. The maximum atomic E-state index is 11.8. The van der Waals surface area contributed by atoms with Gasteiger partial charge in [-0.25, -0.2) is 0 Å². The van der Waals surface area contributed by atoms with Crippen molar-refractivity contribution in [3.63, 3.8) is 0 Å². The molecule has 0 saturated heterocycles. The van der Waals surface area contributed by atoms with E-state index in [2.05, 4.69) is 15.5 Å². The second-order valence-corrected chi connectivity index (χ2v) is 5.96. The average molecular weight is 334 g/mol. The van der Waals surface area contributed by atoms with Crippen LogP contribution in [0.5, 0.6) is 0 Å². The van der Waals surface area contributed by atoms with Crippen molar-refractivity contribution in [1.82, 2.24) is 15.5 Å². The number of benzene rings is 1. The monoisotopic (exact) mass is 333 g/mol. The standard InChI is InChI=1S/C15H12ClN3O2S/c16-12-6-2-1-5-11(12)15-18-14(21-19-15)9-17-13(20)8-10-4-3-7-22-10/h1-7H,8-9H2,(H,17,20). The molecule has 0 bridgehead atoms. The molecule has 0 spiro atoms. The van der Waals surface area contributed by atoms with E-state index in [1.807, 2.05) is 35.7 Å². The number of aromatic nitrogens is 2. The van der Waals surface area contributed by atoms with Crippen molar-refractivity contribution >= 4 is 28.8 Å². The third-order valence-electron chi connectivity index (χ3n) is 2.93. The summed E-state index contributed by atoms with van der Waals surface area (Å²) in [6, 6.07) is 11.1. The number of carbonyl (C=O) groups excluding carboxylic acids is 1. The third-order valence-corrected chi connectivity index (χ3v) is 4.14. The van der Waals surface area contributed by atoms with Gasteiger partial charge in [-0.3, -0.25) is 4.79 Å². The number of thiophene rings is 1. The Hall–Kier alpha value is -2.18. The molecular formula is C15H12ClN3O2S. The molecule has 2 heterocycles. The lowest BCUT2D eigenvalue weighted by Gasteiger charge is -2.00. The van der Waals surface area contributed by atoms with E-state index in [4.69, 9.17) is 16.1 Å². The van der Waals surface area contributed by atoms with E-state index in [-0.39, 0.29) is 12.5 Å². The maximum Gasteiger partial charge on any atom is 0.246 e. The van der Waals surface area contributed by atoms with Crippen LogP contribution in [0.15, 0.2) is 46.3 Å². The molecule has 0 saturated carbocycles. The Kier molecular flexibility index (Phi) is 4.50. The number of amides is 1. The fourth-order valence-corrected chi connectivity index (χ4v) is 2.81. The number of rotatable bonds is 5. The summed E-state index contributed by atoms with van der Waals surface area (Å²) in [5, 5.41) is 9.13. The van der Waals surface area contributed by atoms with Gasteiger partial charge in [-0.2, -0.15) is 4.98 Å². The first-order valence-electron chi connectivity index (χ1n) is 6.59. The highest BCUT2D eigenvalue weighted by Crippen LogP contribution is 2.24. The highest BCUT2D eigenvalue weighted by molar-refractivity contribution is 7.10. The summed E-state index contributed by atoms with van der Waals surface area (Å²) in [6.07, 6.45) is 0.350. The Bertz CT molecular complexity index is 771. The molecule has 0 atom stereocenters. The zero-order chi connectivity index (χ0) is 15.4. The fraction of sp³-hybridized carbons (Fsp3) is 0.133. The van der Waals surface area contributed by atoms with Gasteiger partial charge in [0, 0.05) is 10.4 Å². The molecule has 7 heteroatoms. The molecule has 0 radical (unpaired) electrons. The number of hydrogen-bond donors (Lipinski definition) is 1. The van der Waals surface area contributed by atoms with Crippen LogP contribution in [0, 0.1) is 0 Å². The lowest BCUT2D eigenvalue weighted by Crippen LogP contribution is -2.24. The van der Waals surface area contributed by atoms with Crippen LogP contribution in [0.2, 0.25) is 5.02 Å². The minimum atomic E-state index is -0.0834. The number of carbonyl (C=O) groups is 1. The van der Waals surface area contributed by atoms with Gasteiger partial charge in [0.15, 0.2) is 0 Å². The summed E-state index contributed by atoms with van der Waals surface area (Å²) >= 11 is 7.63. The number of halogens is 1. The quantitative estimate of drug-likeness (QED) is 0.777. The van der Waals surface area contributed by atoms with Crippen molar-refractivity contribution < 1.29 is 9.32 Å². The van der Waals surface area contributed by atoms with Gasteiger partial charge in [0.25, 0.3) is 0 Å². The van der Waals surface area contributed by atoms with Crippen molar-refractivity contribution in [2.24, 2.45) is 0 Å². The highest BCUT2D eigenvalue weighted by atomic mass is 35.5. The lowest BCUT2D eigenvalue weighted by molar-refractivity contribution is -0.120. The van der Waals surface area contributed by atoms with E-state index in [0.717, 1.165) is 4.88 Å². The van der Waals surface area contributed by atoms with Crippen molar-refractivity contribution in [1.29, 1.82) is 0 Å². The summed E-state index contributed by atoms with van der Waals surface area (Å²) in [6.45, 7) is 0.196. The van der Waals surface area contributed by atoms with Crippen molar-refractivity contribution in [2.45, 2.75) is 13.0 Å². The lowest BCUT2D eigenvalue weighted by atomic mass is 10.2. The molecule has 1 amide bonds. The Morgan fingerprint density at radius 2 is 2.14 bits per heavy atom. The Morgan fingerprint density at radius 3 is 2.91 bits per heavy atom. The van der Waals surface area contributed by atoms with Gasteiger partial charge in [0.05, 0.1) is 18.0 Å². The topological polar surface area (TPSA) is 68.0 Å². The van der Waals surface area contributed by atoms with Gasteiger partial charge < -0.3 is 9.84 Å². The van der Waals surface area contributed by atoms with E-state index >= 15 is 0 Å². The first kappa shape index (κ1) is 14.7. The maximum absolute atomic E-state index is 11.8. The molecule has 1 N–H and O–H groups in total. The van der Waals surface area contributed by atoms with Crippen LogP contribution < -0.4 is 5.32 Å². The molecular weight excluding hydrogens is 322 g/mol. The smallest absolute Gasteiger partial charge is 0.246 e. The summed E-state index contributed by atoms with van der Waals surface area (Å²) < 4.78 is 5.13. The zero-order valence-corrected chi connectivity index (χ0v) is 13.0. The Balaban J connectivity index is 1.60. The molecule has 0 aliphatic rings. The van der Waals surface area contributed by atoms with Crippen LogP contribution in [0.4, 0.5) is 0 Å². The van der Waals surface area contributed by atoms with Crippen LogP contribution in [0.25, 0.3) is 11.4 Å². The largest absolute Gasteiger partial charge is 0.347 e. The summed E-state index contributed by atoms with van der Waals surface area (Å²) in [5.74, 6) is 0.669. The Labute approximate surface area is 135 Å². The van der Waals surface area contributed by atoms with Gasteiger partial charge >= 0.3 is 0 Å². The molecule has 0 unspecified atom stereocenters. The van der Waals surface area contributed by atoms with E-state index in [1.54, 1.807) is 17.4 Å². The molecule has 5 nitrogen and oxygen atoms in total. The zero-order valence-electron chi connectivity index (χ0n) is 11.5. The SMILES string of the molecule is O=C(Cc1cccs1)NCc1nc(-c2ccccc2Cl)no1. The predicted octanol–water partition coefficient (Wildman–Crippen LogP) is 3.31. The Morgan fingerprint density at radius 1 is 1.27 bits per heavy atom. The molecule has 1 aromatic carbocycles. The molecule has 0 fully saturated rings. The number of nitrogens with zero attached hydrogens (tertiary/aromatic N) is 2. The molecule has 3 aromatic rings. The van der Waals surface area contributed by atoms with E-state index in [1.165, 1.54) is 0 Å². The second-order valence-electron chi connectivity index (χ2n) is 4.52. The second kappa shape index (κ2) is 6.72. The van der Waals surface area contributed by atoms with Gasteiger partial charge in [-0.15, -0.1) is 11.3 Å². The average Bonchev–Trinajstić information content (AvgIpc) is 3.17. The van der Waals surface area contributed by atoms with Crippen molar-refractivity contribution in [3.8, 4) is 11.4 Å². The van der Waals surface area contributed by atoms with E-state index in [9.17, 15) is 4.79 Å². The van der Waals surface area contributed by atoms with Gasteiger partial charge in [0.2, 0.25) is 17.6 Å². The number of hydrogen-bond acceptors (Lipinski definition) is 5. The van der Waals surface area contributed by atoms with Gasteiger partial charge in [-0.05, 0) is 23.6 Å². The van der Waals surface area contributed by atoms with E-state index < -0.39 is 0 Å². The minimum Gasteiger partial charge on any atom is -0.347 e. The van der Waals surface area contributed by atoms with E-state index in [0.29, 0.717) is 28.7 Å². The summed E-state index contributed by atoms with van der Waals surface area (Å²) in [7, 11) is 0. The van der Waals surface area contributed by atoms with Crippen LogP contribution in [-0.4, -0.2) is 16.0 Å². The fourth-order valence-electron chi connectivity index (χ4n) is 1.89. The molecule has 2 aromatic heterocycles. The molecule has 3 rings (SSSR count). The summed E-state index contributed by atoms with van der Waals surface area (Å²) in [5.41, 5.74) is 0.698.